The number of hydrogen-bond acceptors (Lipinski definition) is 2. The van der Waals surface area contributed by atoms with Gasteiger partial charge in [-0.3, -0.25) is 5.32 Å². The van der Waals surface area contributed by atoms with Crippen LogP contribution in [0, 0.1) is 22.2 Å². The molecule has 92 valence electrons. The van der Waals surface area contributed by atoms with Crippen molar-refractivity contribution in [2.45, 2.75) is 72.4 Å². The third kappa shape index (κ3) is 3.22. The van der Waals surface area contributed by atoms with Crippen LogP contribution in [0.25, 0.3) is 0 Å². The average Bonchev–Trinajstić information content (AvgIpc) is 1.96. The molecule has 0 heterocycles. The van der Waals surface area contributed by atoms with Crippen molar-refractivity contribution >= 4 is 0 Å². The van der Waals surface area contributed by atoms with Gasteiger partial charge in [0.25, 0.3) is 0 Å². The van der Waals surface area contributed by atoms with Crippen molar-refractivity contribution in [1.82, 2.24) is 5.32 Å². The molecule has 1 saturated carbocycles. The van der Waals surface area contributed by atoms with Gasteiger partial charge in [0.05, 0.1) is 6.07 Å². The van der Waals surface area contributed by atoms with E-state index in [1.54, 1.807) is 0 Å². The monoisotopic (exact) mass is 222 g/mol. The van der Waals surface area contributed by atoms with Crippen molar-refractivity contribution in [3.63, 3.8) is 0 Å². The van der Waals surface area contributed by atoms with E-state index in [4.69, 9.17) is 0 Å². The Kier molecular flexibility index (Phi) is 3.41. The standard InChI is InChI=1S/C14H26N2/c1-11(2)16-14(10-15)8-12(3,4)7-13(5,6)9-14/h11,16H,7-9H2,1-6H3. The van der Waals surface area contributed by atoms with E-state index in [1.807, 2.05) is 0 Å². The van der Waals surface area contributed by atoms with Crippen LogP contribution in [0.5, 0.6) is 0 Å². The molecule has 0 spiro atoms. The highest BCUT2D eigenvalue weighted by Gasteiger charge is 2.47. The second-order valence-corrected chi connectivity index (χ2v) is 7.35. The number of nitriles is 1. The fourth-order valence-electron chi connectivity index (χ4n) is 3.88. The Balaban J connectivity index is 2.98. The maximum absolute atomic E-state index is 9.54. The molecule has 0 radical (unpaired) electrons. The first-order valence-electron chi connectivity index (χ1n) is 6.29. The number of rotatable bonds is 2. The maximum atomic E-state index is 9.54. The summed E-state index contributed by atoms with van der Waals surface area (Å²) in [6.07, 6.45) is 3.11. The van der Waals surface area contributed by atoms with Crippen LogP contribution in [0.15, 0.2) is 0 Å². The zero-order valence-corrected chi connectivity index (χ0v) is 11.6. The van der Waals surface area contributed by atoms with Gasteiger partial charge in [0.15, 0.2) is 0 Å². The van der Waals surface area contributed by atoms with Crippen molar-refractivity contribution in [2.24, 2.45) is 10.8 Å². The highest BCUT2D eigenvalue weighted by Crippen LogP contribution is 2.49. The summed E-state index contributed by atoms with van der Waals surface area (Å²) < 4.78 is 0. The normalized spacial score (nSPS) is 26.4. The maximum Gasteiger partial charge on any atom is 0.107 e. The average molecular weight is 222 g/mol. The Morgan fingerprint density at radius 2 is 1.44 bits per heavy atom. The third-order valence-corrected chi connectivity index (χ3v) is 3.30. The highest BCUT2D eigenvalue weighted by atomic mass is 15.0. The van der Waals surface area contributed by atoms with Gasteiger partial charge < -0.3 is 0 Å². The van der Waals surface area contributed by atoms with Gasteiger partial charge in [-0.15, -0.1) is 0 Å². The Labute approximate surface area is 100 Å². The van der Waals surface area contributed by atoms with Crippen LogP contribution in [0.2, 0.25) is 0 Å². The van der Waals surface area contributed by atoms with Crippen molar-refractivity contribution in [3.05, 3.63) is 0 Å². The van der Waals surface area contributed by atoms with Crippen molar-refractivity contribution in [2.75, 3.05) is 0 Å². The summed E-state index contributed by atoms with van der Waals surface area (Å²) in [5, 5.41) is 13.0. The van der Waals surface area contributed by atoms with Gasteiger partial charge in [-0.05, 0) is 43.9 Å². The van der Waals surface area contributed by atoms with Crippen LogP contribution >= 0.6 is 0 Å². The molecule has 0 bridgehead atoms. The Hall–Kier alpha value is -0.550. The topological polar surface area (TPSA) is 35.8 Å². The van der Waals surface area contributed by atoms with Crippen LogP contribution in [0.3, 0.4) is 0 Å². The van der Waals surface area contributed by atoms with E-state index in [0.29, 0.717) is 6.04 Å². The van der Waals surface area contributed by atoms with Crippen molar-refractivity contribution in [1.29, 1.82) is 5.26 Å². The van der Waals surface area contributed by atoms with E-state index >= 15 is 0 Å². The number of nitrogens with one attached hydrogen (secondary N) is 1. The molecule has 0 atom stereocenters. The molecule has 0 amide bonds. The summed E-state index contributed by atoms with van der Waals surface area (Å²) in [5.74, 6) is 0. The molecule has 1 N–H and O–H groups in total. The van der Waals surface area contributed by atoms with Gasteiger partial charge in [0.1, 0.15) is 5.54 Å². The van der Waals surface area contributed by atoms with E-state index in [0.717, 1.165) is 12.8 Å². The fraction of sp³-hybridized carbons (Fsp3) is 0.929. The molecule has 1 fully saturated rings. The molecule has 2 nitrogen and oxygen atoms in total. The van der Waals surface area contributed by atoms with E-state index < -0.39 is 0 Å². The molecule has 0 aliphatic heterocycles. The summed E-state index contributed by atoms with van der Waals surface area (Å²) in [7, 11) is 0. The van der Waals surface area contributed by atoms with Gasteiger partial charge in [0.2, 0.25) is 0 Å². The molecular formula is C14H26N2. The second-order valence-electron chi connectivity index (χ2n) is 7.35. The summed E-state index contributed by atoms with van der Waals surface area (Å²) in [4.78, 5) is 0. The third-order valence-electron chi connectivity index (χ3n) is 3.30. The van der Waals surface area contributed by atoms with E-state index in [1.165, 1.54) is 6.42 Å². The van der Waals surface area contributed by atoms with Crippen LogP contribution in [-0.4, -0.2) is 11.6 Å². The molecule has 1 aliphatic carbocycles. The summed E-state index contributed by atoms with van der Waals surface area (Å²) >= 11 is 0. The van der Waals surface area contributed by atoms with Gasteiger partial charge in [-0.25, -0.2) is 0 Å². The van der Waals surface area contributed by atoms with E-state index in [-0.39, 0.29) is 16.4 Å². The van der Waals surface area contributed by atoms with E-state index in [2.05, 4.69) is 52.9 Å². The van der Waals surface area contributed by atoms with Gasteiger partial charge in [0, 0.05) is 6.04 Å². The smallest absolute Gasteiger partial charge is 0.107 e. The summed E-state index contributed by atoms with van der Waals surface area (Å²) in [6, 6.07) is 2.91. The van der Waals surface area contributed by atoms with Crippen molar-refractivity contribution < 1.29 is 0 Å². The molecule has 16 heavy (non-hydrogen) atoms. The molecule has 0 aromatic heterocycles. The molecule has 2 heteroatoms. The second kappa shape index (κ2) is 4.04. The van der Waals surface area contributed by atoms with E-state index in [9.17, 15) is 5.26 Å². The lowest BCUT2D eigenvalue weighted by Crippen LogP contribution is -2.56. The predicted octanol–water partition coefficient (Wildman–Crippen LogP) is 3.48. The largest absolute Gasteiger partial charge is 0.297 e. The highest BCUT2D eigenvalue weighted by molar-refractivity contribution is 5.15. The molecule has 1 aliphatic rings. The minimum absolute atomic E-state index is 0.249. The van der Waals surface area contributed by atoms with Crippen LogP contribution in [0.1, 0.15) is 60.8 Å². The predicted molar refractivity (Wildman–Crippen MR) is 68.0 cm³/mol. The summed E-state index contributed by atoms with van der Waals surface area (Å²) in [5.41, 5.74) is 0.165. The van der Waals surface area contributed by atoms with Gasteiger partial charge in [-0.2, -0.15) is 5.26 Å². The minimum Gasteiger partial charge on any atom is -0.297 e. The lowest BCUT2D eigenvalue weighted by Gasteiger charge is -2.49. The van der Waals surface area contributed by atoms with Gasteiger partial charge in [-0.1, -0.05) is 27.7 Å². The first-order valence-corrected chi connectivity index (χ1v) is 6.29. The molecule has 1 rings (SSSR count). The van der Waals surface area contributed by atoms with Crippen LogP contribution in [-0.2, 0) is 0 Å². The molecule has 0 saturated heterocycles. The lowest BCUT2D eigenvalue weighted by atomic mass is 9.58. The Morgan fingerprint density at radius 1 is 1.00 bits per heavy atom. The molecule has 0 unspecified atom stereocenters. The SMILES string of the molecule is CC(C)NC1(C#N)CC(C)(C)CC(C)(C)C1. The lowest BCUT2D eigenvalue weighted by molar-refractivity contribution is 0.0515. The zero-order valence-electron chi connectivity index (χ0n) is 11.6. The Morgan fingerprint density at radius 3 is 1.75 bits per heavy atom. The first-order chi connectivity index (χ1) is 7.10. The minimum atomic E-state index is -0.334. The number of nitrogens with zero attached hydrogens (tertiary/aromatic N) is 1. The Bertz CT molecular complexity index is 278. The van der Waals surface area contributed by atoms with Gasteiger partial charge >= 0.3 is 0 Å². The molecule has 0 aromatic carbocycles. The zero-order chi connectivity index (χ0) is 12.6. The first kappa shape index (κ1) is 13.5. The fourth-order valence-corrected chi connectivity index (χ4v) is 3.88. The van der Waals surface area contributed by atoms with Crippen LogP contribution in [0.4, 0.5) is 0 Å². The van der Waals surface area contributed by atoms with Crippen molar-refractivity contribution in [3.8, 4) is 6.07 Å². The molecule has 0 aromatic rings. The quantitative estimate of drug-likeness (QED) is 0.776. The van der Waals surface area contributed by atoms with Crippen LogP contribution < -0.4 is 5.32 Å². The number of hydrogen-bond donors (Lipinski definition) is 1. The molecular weight excluding hydrogens is 196 g/mol. The summed E-state index contributed by atoms with van der Waals surface area (Å²) in [6.45, 7) is 13.4.